The van der Waals surface area contributed by atoms with Crippen LogP contribution in [0.25, 0.3) is 4.91 Å². The predicted molar refractivity (Wildman–Crippen MR) is 63.4 cm³/mol. The van der Waals surface area contributed by atoms with Gasteiger partial charge in [-0.3, -0.25) is 0 Å². The van der Waals surface area contributed by atoms with Gasteiger partial charge in [-0.25, -0.2) is 0 Å². The number of allylic oxidation sites excluding steroid dienone is 2. The highest BCUT2D eigenvalue weighted by molar-refractivity contribution is 8.81. The fourth-order valence-corrected chi connectivity index (χ4v) is 3.36. The average molecular weight is 206 g/mol. The van der Waals surface area contributed by atoms with E-state index in [1.54, 1.807) is 10.8 Å². The maximum absolute atomic E-state index is 2.17. The molecule has 0 bridgehead atoms. The molecule has 13 heavy (non-hydrogen) atoms. The Labute approximate surface area is 86.5 Å². The average Bonchev–Trinajstić information content (AvgIpc) is 2.20. The van der Waals surface area contributed by atoms with Gasteiger partial charge in [0.2, 0.25) is 0 Å². The van der Waals surface area contributed by atoms with Gasteiger partial charge in [-0.2, -0.15) is 0 Å². The van der Waals surface area contributed by atoms with Crippen molar-refractivity contribution in [3.63, 3.8) is 0 Å². The van der Waals surface area contributed by atoms with E-state index in [2.05, 4.69) is 48.7 Å². The van der Waals surface area contributed by atoms with Crippen LogP contribution in [-0.4, -0.2) is 0 Å². The van der Waals surface area contributed by atoms with Crippen LogP contribution in [0.2, 0.25) is 0 Å². The van der Waals surface area contributed by atoms with Crippen molar-refractivity contribution < 1.29 is 0 Å². The van der Waals surface area contributed by atoms with Gasteiger partial charge >= 0.3 is 0 Å². The molecule has 1 heterocycles. The minimum absolute atomic E-state index is 1.32. The molecule has 0 amide bonds. The Morgan fingerprint density at radius 2 is 1.85 bits per heavy atom. The van der Waals surface area contributed by atoms with Crippen LogP contribution >= 0.6 is 21.6 Å². The zero-order chi connectivity index (χ0) is 9.10. The van der Waals surface area contributed by atoms with Crippen molar-refractivity contribution in [3.05, 3.63) is 53.0 Å². The summed E-state index contributed by atoms with van der Waals surface area (Å²) in [5, 5.41) is 2.13. The van der Waals surface area contributed by atoms with Crippen molar-refractivity contribution in [3.8, 4) is 0 Å². The summed E-state index contributed by atoms with van der Waals surface area (Å²) < 4.78 is 0. The molecule has 1 aliphatic rings. The van der Waals surface area contributed by atoms with Gasteiger partial charge < -0.3 is 0 Å². The van der Waals surface area contributed by atoms with Gasteiger partial charge in [-0.15, -0.1) is 0 Å². The second-order valence-electron chi connectivity index (χ2n) is 2.86. The van der Waals surface area contributed by atoms with Crippen molar-refractivity contribution in [2.24, 2.45) is 0 Å². The Morgan fingerprint density at radius 1 is 1.08 bits per heavy atom. The van der Waals surface area contributed by atoms with Gasteiger partial charge in [0.25, 0.3) is 0 Å². The number of hydrogen-bond acceptors (Lipinski definition) is 2. The standard InChI is InChI=1S/C11H10S2/c1-9-7-8-12-13-11(9)10-5-3-2-4-6-10/h2-8H,1H3. The fourth-order valence-electron chi connectivity index (χ4n) is 1.21. The van der Waals surface area contributed by atoms with Crippen molar-refractivity contribution in [1.29, 1.82) is 0 Å². The largest absolute Gasteiger partial charge is 0.0622 e. The smallest absolute Gasteiger partial charge is 0.0287 e. The first-order valence-electron chi connectivity index (χ1n) is 4.14. The summed E-state index contributed by atoms with van der Waals surface area (Å²) in [6.07, 6.45) is 2.17. The summed E-state index contributed by atoms with van der Waals surface area (Å²) in [6, 6.07) is 10.5. The van der Waals surface area contributed by atoms with E-state index in [9.17, 15) is 0 Å². The zero-order valence-corrected chi connectivity index (χ0v) is 8.99. The SMILES string of the molecule is CC1=C(c2ccccc2)SSC=C1. The Bertz CT molecular complexity index is 350. The topological polar surface area (TPSA) is 0 Å². The minimum atomic E-state index is 1.32. The third-order valence-electron chi connectivity index (χ3n) is 1.90. The second kappa shape index (κ2) is 4.07. The van der Waals surface area contributed by atoms with E-state index in [0.29, 0.717) is 0 Å². The summed E-state index contributed by atoms with van der Waals surface area (Å²) in [5.74, 6) is 0. The van der Waals surface area contributed by atoms with Gasteiger partial charge in [0.15, 0.2) is 0 Å². The Balaban J connectivity index is 2.41. The Morgan fingerprint density at radius 3 is 2.54 bits per heavy atom. The first-order chi connectivity index (χ1) is 6.38. The van der Waals surface area contributed by atoms with Crippen LogP contribution in [0.1, 0.15) is 12.5 Å². The van der Waals surface area contributed by atoms with Crippen molar-refractivity contribution >= 4 is 26.5 Å². The van der Waals surface area contributed by atoms with Crippen LogP contribution in [0.5, 0.6) is 0 Å². The molecule has 0 saturated heterocycles. The fraction of sp³-hybridized carbons (Fsp3) is 0.0909. The molecule has 66 valence electrons. The van der Waals surface area contributed by atoms with Gasteiger partial charge in [0.1, 0.15) is 0 Å². The summed E-state index contributed by atoms with van der Waals surface area (Å²) in [6.45, 7) is 2.16. The molecular formula is C11H10S2. The molecule has 0 unspecified atom stereocenters. The molecule has 2 heteroatoms. The van der Waals surface area contributed by atoms with E-state index >= 15 is 0 Å². The lowest BCUT2D eigenvalue weighted by Crippen LogP contribution is -1.83. The second-order valence-corrected chi connectivity index (χ2v) is 4.98. The van der Waals surface area contributed by atoms with Gasteiger partial charge in [-0.1, -0.05) is 58.0 Å². The van der Waals surface area contributed by atoms with E-state index in [4.69, 9.17) is 0 Å². The molecule has 0 fully saturated rings. The molecule has 0 radical (unpaired) electrons. The number of hydrogen-bond donors (Lipinski definition) is 0. The number of benzene rings is 1. The summed E-state index contributed by atoms with van der Waals surface area (Å²) >= 11 is 0. The third-order valence-corrected chi connectivity index (χ3v) is 4.09. The van der Waals surface area contributed by atoms with Gasteiger partial charge in [0, 0.05) is 4.91 Å². The highest BCUT2D eigenvalue weighted by Crippen LogP contribution is 2.43. The minimum Gasteiger partial charge on any atom is -0.0622 e. The third kappa shape index (κ3) is 2.01. The number of rotatable bonds is 1. The molecule has 0 aromatic heterocycles. The maximum atomic E-state index is 2.17. The van der Waals surface area contributed by atoms with E-state index in [1.165, 1.54) is 16.0 Å². The monoisotopic (exact) mass is 206 g/mol. The normalized spacial score (nSPS) is 16.4. The molecule has 0 atom stereocenters. The molecular weight excluding hydrogens is 196 g/mol. The lowest BCUT2D eigenvalue weighted by Gasteiger charge is -2.11. The quantitative estimate of drug-likeness (QED) is 0.627. The molecule has 2 rings (SSSR count). The van der Waals surface area contributed by atoms with E-state index in [1.807, 2.05) is 10.8 Å². The van der Waals surface area contributed by atoms with Crippen LogP contribution in [0, 0.1) is 0 Å². The molecule has 0 nitrogen and oxygen atoms in total. The van der Waals surface area contributed by atoms with Crippen molar-refractivity contribution in [1.82, 2.24) is 0 Å². The molecule has 0 saturated carbocycles. The lowest BCUT2D eigenvalue weighted by molar-refractivity contribution is 1.54. The molecule has 0 spiro atoms. The van der Waals surface area contributed by atoms with E-state index < -0.39 is 0 Å². The predicted octanol–water partition coefficient (Wildman–Crippen LogP) is 4.33. The molecule has 1 aromatic rings. The van der Waals surface area contributed by atoms with Crippen LogP contribution in [0.3, 0.4) is 0 Å². The van der Waals surface area contributed by atoms with Crippen LogP contribution in [0.15, 0.2) is 47.4 Å². The van der Waals surface area contributed by atoms with Gasteiger partial charge in [0.05, 0.1) is 0 Å². The van der Waals surface area contributed by atoms with Crippen LogP contribution in [0.4, 0.5) is 0 Å². The maximum Gasteiger partial charge on any atom is 0.0287 e. The van der Waals surface area contributed by atoms with E-state index in [0.717, 1.165) is 0 Å². The van der Waals surface area contributed by atoms with Gasteiger partial charge in [-0.05, 0) is 23.5 Å². The molecule has 1 aromatic carbocycles. The Hall–Kier alpha value is -0.600. The summed E-state index contributed by atoms with van der Waals surface area (Å²) in [4.78, 5) is 1.38. The van der Waals surface area contributed by atoms with Crippen LogP contribution in [-0.2, 0) is 0 Å². The van der Waals surface area contributed by atoms with Crippen molar-refractivity contribution in [2.45, 2.75) is 6.92 Å². The zero-order valence-electron chi connectivity index (χ0n) is 7.36. The first-order valence-corrected chi connectivity index (χ1v) is 6.35. The highest BCUT2D eigenvalue weighted by Gasteiger charge is 2.07. The van der Waals surface area contributed by atoms with Crippen LogP contribution < -0.4 is 0 Å². The highest BCUT2D eigenvalue weighted by atomic mass is 33.1. The van der Waals surface area contributed by atoms with Crippen molar-refractivity contribution in [2.75, 3.05) is 0 Å². The Kier molecular flexibility index (Phi) is 2.81. The summed E-state index contributed by atoms with van der Waals surface area (Å²) in [7, 11) is 3.61. The first kappa shape index (κ1) is 8.97. The molecule has 0 N–H and O–H groups in total. The molecule has 1 aliphatic heterocycles. The summed E-state index contributed by atoms with van der Waals surface area (Å²) in [5.41, 5.74) is 2.68. The lowest BCUT2D eigenvalue weighted by atomic mass is 10.1. The molecule has 0 aliphatic carbocycles. The van der Waals surface area contributed by atoms with E-state index in [-0.39, 0.29) is 0 Å².